The Morgan fingerprint density at radius 3 is 2.89 bits per heavy atom. The van der Waals surface area contributed by atoms with Gasteiger partial charge in [-0.3, -0.25) is 0 Å². The molecule has 0 spiro atoms. The van der Waals surface area contributed by atoms with Crippen LogP contribution in [0.1, 0.15) is 38.6 Å². The number of nitrogen functional groups attached to an aromatic ring is 1. The van der Waals surface area contributed by atoms with E-state index in [2.05, 4.69) is 11.9 Å². The molecule has 2 aromatic rings. The molecular weight excluding hydrogens is 265 g/mol. The number of halogens is 2. The highest BCUT2D eigenvalue weighted by molar-refractivity contribution is 6.31. The van der Waals surface area contributed by atoms with Crippen LogP contribution >= 0.6 is 11.6 Å². The van der Waals surface area contributed by atoms with E-state index in [9.17, 15) is 4.39 Å². The molecule has 0 aliphatic heterocycles. The van der Waals surface area contributed by atoms with Gasteiger partial charge in [0.15, 0.2) is 0 Å². The van der Waals surface area contributed by atoms with Crippen LogP contribution in [0, 0.1) is 11.7 Å². The van der Waals surface area contributed by atoms with Gasteiger partial charge < -0.3 is 10.3 Å². The Bertz CT molecular complexity index is 619. The first kappa shape index (κ1) is 12.7. The average molecular weight is 282 g/mol. The largest absolute Gasteiger partial charge is 0.369 e. The van der Waals surface area contributed by atoms with Crippen LogP contribution in [-0.2, 0) is 0 Å². The molecule has 0 radical (unpaired) electrons. The summed E-state index contributed by atoms with van der Waals surface area (Å²) < 4.78 is 15.6. The standard InChI is InChI=1S/C14H17ClFN3/c1-2-9(5-8-3-4-8)19-13-7-11(16)10(15)6-12(13)18-14(19)17/h6-9H,2-5H2,1H3,(H2,17,18). The van der Waals surface area contributed by atoms with Crippen molar-refractivity contribution < 1.29 is 4.39 Å². The first-order valence-electron chi connectivity index (χ1n) is 6.72. The van der Waals surface area contributed by atoms with Gasteiger partial charge in [0.25, 0.3) is 0 Å². The number of nitrogens with zero attached hydrogens (tertiary/aromatic N) is 2. The number of benzene rings is 1. The van der Waals surface area contributed by atoms with Crippen molar-refractivity contribution in [1.82, 2.24) is 9.55 Å². The molecule has 19 heavy (non-hydrogen) atoms. The SMILES string of the molecule is CCC(CC1CC1)n1c(N)nc2cc(Cl)c(F)cc21. The molecule has 2 N–H and O–H groups in total. The van der Waals surface area contributed by atoms with Gasteiger partial charge in [-0.1, -0.05) is 31.4 Å². The molecule has 0 saturated heterocycles. The third kappa shape index (κ3) is 2.29. The normalized spacial score (nSPS) is 17.0. The van der Waals surface area contributed by atoms with Crippen LogP contribution in [0.3, 0.4) is 0 Å². The number of anilines is 1. The Labute approximate surface area is 116 Å². The van der Waals surface area contributed by atoms with Gasteiger partial charge in [0.05, 0.1) is 16.1 Å². The fourth-order valence-corrected chi connectivity index (χ4v) is 2.84. The molecule has 3 rings (SSSR count). The summed E-state index contributed by atoms with van der Waals surface area (Å²) in [5, 5.41) is 0.0902. The summed E-state index contributed by atoms with van der Waals surface area (Å²) in [5.41, 5.74) is 7.42. The van der Waals surface area contributed by atoms with Crippen LogP contribution in [0.5, 0.6) is 0 Å². The summed E-state index contributed by atoms with van der Waals surface area (Å²) in [6.45, 7) is 2.13. The van der Waals surface area contributed by atoms with E-state index in [1.54, 1.807) is 6.07 Å². The highest BCUT2D eigenvalue weighted by atomic mass is 35.5. The maximum Gasteiger partial charge on any atom is 0.201 e. The monoisotopic (exact) mass is 281 g/mol. The van der Waals surface area contributed by atoms with E-state index in [0.717, 1.165) is 24.3 Å². The van der Waals surface area contributed by atoms with E-state index in [4.69, 9.17) is 17.3 Å². The highest BCUT2D eigenvalue weighted by Crippen LogP contribution is 2.40. The molecule has 5 heteroatoms. The summed E-state index contributed by atoms with van der Waals surface area (Å²) in [5.74, 6) is 0.819. The average Bonchev–Trinajstić information content (AvgIpc) is 3.13. The van der Waals surface area contributed by atoms with E-state index in [1.807, 2.05) is 4.57 Å². The zero-order chi connectivity index (χ0) is 13.6. The van der Waals surface area contributed by atoms with Crippen LogP contribution in [0.15, 0.2) is 12.1 Å². The van der Waals surface area contributed by atoms with Gasteiger partial charge in [-0.25, -0.2) is 9.37 Å². The van der Waals surface area contributed by atoms with Crippen LogP contribution < -0.4 is 5.73 Å². The summed E-state index contributed by atoms with van der Waals surface area (Å²) in [6, 6.07) is 3.28. The Kier molecular flexibility index (Phi) is 3.13. The lowest BCUT2D eigenvalue weighted by Gasteiger charge is -2.19. The predicted molar refractivity (Wildman–Crippen MR) is 75.8 cm³/mol. The number of fused-ring (bicyclic) bond motifs is 1. The van der Waals surface area contributed by atoms with E-state index >= 15 is 0 Å². The molecule has 0 amide bonds. The maximum atomic E-state index is 13.7. The molecule has 1 heterocycles. The molecule has 1 aromatic heterocycles. The fraction of sp³-hybridized carbons (Fsp3) is 0.500. The second-order valence-electron chi connectivity index (χ2n) is 5.34. The van der Waals surface area contributed by atoms with E-state index in [1.165, 1.54) is 18.9 Å². The molecule has 1 aliphatic rings. The van der Waals surface area contributed by atoms with Gasteiger partial charge >= 0.3 is 0 Å². The Morgan fingerprint density at radius 1 is 1.53 bits per heavy atom. The lowest BCUT2D eigenvalue weighted by molar-refractivity contribution is 0.442. The van der Waals surface area contributed by atoms with E-state index in [0.29, 0.717) is 11.5 Å². The number of imidazole rings is 1. The Balaban J connectivity index is 2.09. The summed E-state index contributed by atoms with van der Waals surface area (Å²) in [4.78, 5) is 4.30. The third-order valence-corrected chi connectivity index (χ3v) is 4.19. The highest BCUT2D eigenvalue weighted by Gasteiger charge is 2.27. The minimum Gasteiger partial charge on any atom is -0.369 e. The molecule has 1 saturated carbocycles. The number of hydrogen-bond acceptors (Lipinski definition) is 2. The lowest BCUT2D eigenvalue weighted by Crippen LogP contribution is -2.12. The summed E-state index contributed by atoms with van der Waals surface area (Å²) in [7, 11) is 0. The number of nitrogens with two attached hydrogens (primary N) is 1. The number of hydrogen-bond donors (Lipinski definition) is 1. The minimum absolute atomic E-state index is 0.0902. The summed E-state index contributed by atoms with van der Waals surface area (Å²) >= 11 is 5.79. The van der Waals surface area contributed by atoms with Gasteiger partial charge in [0.1, 0.15) is 5.82 Å². The van der Waals surface area contributed by atoms with Gasteiger partial charge in [-0.05, 0) is 24.8 Å². The zero-order valence-electron chi connectivity index (χ0n) is 10.9. The first-order valence-corrected chi connectivity index (χ1v) is 7.10. The molecule has 0 bridgehead atoms. The number of aromatic nitrogens is 2. The van der Waals surface area contributed by atoms with Crippen LogP contribution in [0.4, 0.5) is 10.3 Å². The zero-order valence-corrected chi connectivity index (χ0v) is 11.6. The van der Waals surface area contributed by atoms with Crippen molar-refractivity contribution in [2.45, 2.75) is 38.6 Å². The van der Waals surface area contributed by atoms with Gasteiger partial charge in [-0.15, -0.1) is 0 Å². The smallest absolute Gasteiger partial charge is 0.201 e. The van der Waals surface area contributed by atoms with Crippen LogP contribution in [0.25, 0.3) is 11.0 Å². The number of rotatable bonds is 4. The second kappa shape index (κ2) is 4.67. The van der Waals surface area contributed by atoms with Gasteiger partial charge in [0, 0.05) is 12.1 Å². The van der Waals surface area contributed by atoms with Gasteiger partial charge in [0.2, 0.25) is 5.95 Å². The van der Waals surface area contributed by atoms with Crippen molar-refractivity contribution in [3.63, 3.8) is 0 Å². The second-order valence-corrected chi connectivity index (χ2v) is 5.74. The van der Waals surface area contributed by atoms with Crippen molar-refractivity contribution in [2.24, 2.45) is 5.92 Å². The van der Waals surface area contributed by atoms with Crippen molar-refractivity contribution in [1.29, 1.82) is 0 Å². The molecule has 1 unspecified atom stereocenters. The first-order chi connectivity index (χ1) is 9.10. The molecule has 1 aliphatic carbocycles. The maximum absolute atomic E-state index is 13.7. The molecular formula is C14H17ClFN3. The topological polar surface area (TPSA) is 43.8 Å². The molecule has 102 valence electrons. The lowest BCUT2D eigenvalue weighted by atomic mass is 10.1. The van der Waals surface area contributed by atoms with Crippen molar-refractivity contribution in [2.75, 3.05) is 5.73 Å². The van der Waals surface area contributed by atoms with Crippen molar-refractivity contribution >= 4 is 28.6 Å². The molecule has 1 atom stereocenters. The van der Waals surface area contributed by atoms with Crippen LogP contribution in [0.2, 0.25) is 5.02 Å². The fourth-order valence-electron chi connectivity index (χ4n) is 2.69. The summed E-state index contributed by atoms with van der Waals surface area (Å²) in [6.07, 6.45) is 4.65. The van der Waals surface area contributed by atoms with Crippen molar-refractivity contribution in [3.8, 4) is 0 Å². The van der Waals surface area contributed by atoms with Gasteiger partial charge in [-0.2, -0.15) is 0 Å². The van der Waals surface area contributed by atoms with Crippen molar-refractivity contribution in [3.05, 3.63) is 23.0 Å². The minimum atomic E-state index is -0.420. The predicted octanol–water partition coefficient (Wildman–Crippen LogP) is 4.16. The Morgan fingerprint density at radius 2 is 2.26 bits per heavy atom. The van der Waals surface area contributed by atoms with E-state index in [-0.39, 0.29) is 11.1 Å². The quantitative estimate of drug-likeness (QED) is 0.914. The van der Waals surface area contributed by atoms with E-state index < -0.39 is 5.82 Å². The van der Waals surface area contributed by atoms with Crippen LogP contribution in [-0.4, -0.2) is 9.55 Å². The molecule has 1 aromatic carbocycles. The molecule has 1 fully saturated rings. The molecule has 3 nitrogen and oxygen atoms in total. The Hall–Kier alpha value is -1.29. The third-order valence-electron chi connectivity index (χ3n) is 3.90.